The lowest BCUT2D eigenvalue weighted by Crippen LogP contribution is -2.37. The summed E-state index contributed by atoms with van der Waals surface area (Å²) in [6, 6.07) is 15.7. The van der Waals surface area contributed by atoms with Crippen LogP contribution in [-0.2, 0) is 11.3 Å². The summed E-state index contributed by atoms with van der Waals surface area (Å²) in [5.41, 5.74) is 1.84. The Balaban J connectivity index is 1.96. The fourth-order valence-corrected chi connectivity index (χ4v) is 2.88. The molecule has 0 aliphatic heterocycles. The Kier molecular flexibility index (Phi) is 5.18. The highest BCUT2D eigenvalue weighted by molar-refractivity contribution is 5.77. The van der Waals surface area contributed by atoms with Gasteiger partial charge in [0.25, 0.3) is 0 Å². The van der Waals surface area contributed by atoms with Gasteiger partial charge in [0, 0.05) is 6.54 Å². The van der Waals surface area contributed by atoms with Crippen LogP contribution in [0.4, 0.5) is 4.39 Å². The van der Waals surface area contributed by atoms with Crippen molar-refractivity contribution in [2.75, 3.05) is 6.54 Å². The first kappa shape index (κ1) is 16.8. The van der Waals surface area contributed by atoms with Gasteiger partial charge in [0.05, 0.1) is 6.04 Å². The molecule has 1 amide bonds. The molecule has 0 saturated heterocycles. The summed E-state index contributed by atoms with van der Waals surface area (Å²) in [4.78, 5) is 18.5. The van der Waals surface area contributed by atoms with Crippen molar-refractivity contribution in [3.8, 4) is 0 Å². The molecule has 0 aliphatic carbocycles. The normalized spacial score (nSPS) is 11.9. The molecule has 1 atom stereocenters. The van der Waals surface area contributed by atoms with Crippen LogP contribution in [0.15, 0.2) is 67.3 Å². The van der Waals surface area contributed by atoms with Crippen LogP contribution in [0.1, 0.15) is 24.1 Å². The zero-order valence-electron chi connectivity index (χ0n) is 13.9. The van der Waals surface area contributed by atoms with Crippen molar-refractivity contribution in [3.05, 3.63) is 84.2 Å². The highest BCUT2D eigenvalue weighted by atomic mass is 19.1. The number of nitrogens with zero attached hydrogens (tertiary/aromatic N) is 4. The molecule has 2 aromatic carbocycles. The van der Waals surface area contributed by atoms with Gasteiger partial charge in [0.1, 0.15) is 25.0 Å². The van der Waals surface area contributed by atoms with E-state index in [1.54, 1.807) is 17.0 Å². The minimum atomic E-state index is -0.299. The molecule has 0 radical (unpaired) electrons. The molecule has 3 rings (SSSR count). The lowest BCUT2D eigenvalue weighted by molar-refractivity contribution is -0.133. The maximum atomic E-state index is 13.3. The molecule has 1 unspecified atom stereocenters. The molecule has 128 valence electrons. The molecule has 0 aliphatic rings. The van der Waals surface area contributed by atoms with Crippen molar-refractivity contribution in [2.45, 2.75) is 19.5 Å². The van der Waals surface area contributed by atoms with Crippen molar-refractivity contribution < 1.29 is 9.18 Å². The summed E-state index contributed by atoms with van der Waals surface area (Å²) < 4.78 is 14.8. The third-order valence-corrected chi connectivity index (χ3v) is 4.04. The molecule has 5 nitrogen and oxygen atoms in total. The van der Waals surface area contributed by atoms with Crippen LogP contribution in [-0.4, -0.2) is 32.1 Å². The predicted molar refractivity (Wildman–Crippen MR) is 92.1 cm³/mol. The summed E-state index contributed by atoms with van der Waals surface area (Å²) in [5, 5.41) is 4.00. The largest absolute Gasteiger partial charge is 0.330 e. The Morgan fingerprint density at radius 1 is 1.12 bits per heavy atom. The van der Waals surface area contributed by atoms with Gasteiger partial charge in [-0.15, -0.1) is 0 Å². The molecule has 0 bridgehead atoms. The number of likely N-dealkylation sites (N-methyl/N-ethyl adjacent to an activating group) is 1. The monoisotopic (exact) mass is 338 g/mol. The van der Waals surface area contributed by atoms with E-state index in [0.29, 0.717) is 6.54 Å². The molecule has 0 saturated carbocycles. The number of carbonyl (C=O) groups excluding carboxylic acids is 1. The second-order valence-corrected chi connectivity index (χ2v) is 5.64. The molecule has 0 N–H and O–H groups in total. The number of hydrogen-bond acceptors (Lipinski definition) is 3. The molecule has 3 aromatic rings. The number of hydrogen-bond donors (Lipinski definition) is 0. The average Bonchev–Trinajstić information content (AvgIpc) is 3.14. The Morgan fingerprint density at radius 3 is 2.40 bits per heavy atom. The molecule has 1 heterocycles. The van der Waals surface area contributed by atoms with Gasteiger partial charge in [0.2, 0.25) is 5.91 Å². The highest BCUT2D eigenvalue weighted by Gasteiger charge is 2.25. The molecule has 0 fully saturated rings. The maximum absolute atomic E-state index is 13.3. The van der Waals surface area contributed by atoms with Gasteiger partial charge < -0.3 is 4.90 Å². The van der Waals surface area contributed by atoms with Crippen molar-refractivity contribution in [1.82, 2.24) is 19.7 Å². The van der Waals surface area contributed by atoms with Crippen molar-refractivity contribution in [3.63, 3.8) is 0 Å². The summed E-state index contributed by atoms with van der Waals surface area (Å²) >= 11 is 0. The number of amides is 1. The molecular weight excluding hydrogens is 319 g/mol. The van der Waals surface area contributed by atoms with Crippen LogP contribution in [0.25, 0.3) is 0 Å². The number of rotatable bonds is 6. The topological polar surface area (TPSA) is 51.0 Å². The van der Waals surface area contributed by atoms with Crippen LogP contribution < -0.4 is 0 Å². The fraction of sp³-hybridized carbons (Fsp3) is 0.211. The zero-order valence-corrected chi connectivity index (χ0v) is 13.9. The first-order valence-corrected chi connectivity index (χ1v) is 8.11. The van der Waals surface area contributed by atoms with E-state index in [9.17, 15) is 9.18 Å². The zero-order chi connectivity index (χ0) is 17.6. The third kappa shape index (κ3) is 3.91. The van der Waals surface area contributed by atoms with Gasteiger partial charge in [-0.05, 0) is 30.2 Å². The predicted octanol–water partition coefficient (Wildman–Crippen LogP) is 3.06. The second kappa shape index (κ2) is 7.70. The van der Waals surface area contributed by atoms with Crippen molar-refractivity contribution >= 4 is 5.91 Å². The summed E-state index contributed by atoms with van der Waals surface area (Å²) in [6.07, 6.45) is 2.92. The lowest BCUT2D eigenvalue weighted by atomic mass is 9.97. The van der Waals surface area contributed by atoms with Gasteiger partial charge >= 0.3 is 0 Å². The van der Waals surface area contributed by atoms with Crippen LogP contribution in [0, 0.1) is 5.82 Å². The standard InChI is InChI=1S/C19H19FN4O/c1-2-24(18(25)12-23-14-21-13-22-23)19(15-6-4-3-5-7-15)16-8-10-17(20)11-9-16/h3-11,13-14,19H,2,12H2,1H3. The first-order chi connectivity index (χ1) is 12.2. The molecule has 1 aromatic heterocycles. The highest BCUT2D eigenvalue weighted by Crippen LogP contribution is 2.29. The molecule has 6 heteroatoms. The second-order valence-electron chi connectivity index (χ2n) is 5.64. The Bertz CT molecular complexity index is 803. The number of aromatic nitrogens is 3. The number of halogens is 1. The summed E-state index contributed by atoms with van der Waals surface area (Å²) in [6.45, 7) is 2.56. The molecule has 0 spiro atoms. The Morgan fingerprint density at radius 2 is 1.80 bits per heavy atom. The van der Waals surface area contributed by atoms with E-state index in [2.05, 4.69) is 10.1 Å². The summed E-state index contributed by atoms with van der Waals surface area (Å²) in [7, 11) is 0. The Labute approximate surface area is 145 Å². The molecule has 25 heavy (non-hydrogen) atoms. The van der Waals surface area contributed by atoms with E-state index in [4.69, 9.17) is 0 Å². The van der Waals surface area contributed by atoms with E-state index in [1.807, 2.05) is 37.3 Å². The van der Waals surface area contributed by atoms with Crippen LogP contribution in [0.5, 0.6) is 0 Å². The summed E-state index contributed by atoms with van der Waals surface area (Å²) in [5.74, 6) is -0.376. The number of carbonyl (C=O) groups is 1. The number of benzene rings is 2. The smallest absolute Gasteiger partial charge is 0.245 e. The first-order valence-electron chi connectivity index (χ1n) is 8.11. The fourth-order valence-electron chi connectivity index (χ4n) is 2.88. The van der Waals surface area contributed by atoms with Crippen LogP contribution >= 0.6 is 0 Å². The lowest BCUT2D eigenvalue weighted by Gasteiger charge is -2.32. The van der Waals surface area contributed by atoms with E-state index in [-0.39, 0.29) is 24.3 Å². The van der Waals surface area contributed by atoms with E-state index in [1.165, 1.54) is 29.5 Å². The van der Waals surface area contributed by atoms with Crippen molar-refractivity contribution in [2.24, 2.45) is 0 Å². The van der Waals surface area contributed by atoms with E-state index < -0.39 is 0 Å². The van der Waals surface area contributed by atoms with Crippen LogP contribution in [0.3, 0.4) is 0 Å². The van der Waals surface area contributed by atoms with Gasteiger partial charge in [0.15, 0.2) is 0 Å². The van der Waals surface area contributed by atoms with Gasteiger partial charge in [-0.25, -0.2) is 14.1 Å². The van der Waals surface area contributed by atoms with Gasteiger partial charge in [-0.2, -0.15) is 5.10 Å². The van der Waals surface area contributed by atoms with Crippen LogP contribution in [0.2, 0.25) is 0 Å². The third-order valence-electron chi connectivity index (χ3n) is 4.04. The minimum Gasteiger partial charge on any atom is -0.330 e. The SMILES string of the molecule is CCN(C(=O)Cn1cncn1)C(c1ccccc1)c1ccc(F)cc1. The quantitative estimate of drug-likeness (QED) is 0.694. The minimum absolute atomic E-state index is 0.0776. The Hall–Kier alpha value is -3.02. The van der Waals surface area contributed by atoms with Crippen molar-refractivity contribution in [1.29, 1.82) is 0 Å². The average molecular weight is 338 g/mol. The van der Waals surface area contributed by atoms with E-state index >= 15 is 0 Å². The maximum Gasteiger partial charge on any atom is 0.245 e. The van der Waals surface area contributed by atoms with Gasteiger partial charge in [-0.1, -0.05) is 42.5 Å². The molecular formula is C19H19FN4O. The van der Waals surface area contributed by atoms with Gasteiger partial charge in [-0.3, -0.25) is 4.79 Å². The van der Waals surface area contributed by atoms with E-state index in [0.717, 1.165) is 11.1 Å².